The predicted octanol–water partition coefficient (Wildman–Crippen LogP) is 2.87. The van der Waals surface area contributed by atoms with E-state index in [1.54, 1.807) is 0 Å². The zero-order valence-corrected chi connectivity index (χ0v) is 9.43. The average molecular weight is 244 g/mol. The second-order valence-electron chi connectivity index (χ2n) is 3.18. The first-order valence-corrected chi connectivity index (χ1v) is 5.10. The fraction of sp³-hybridized carbons (Fsp3) is 0.400. The first kappa shape index (κ1) is 10.5. The summed E-state index contributed by atoms with van der Waals surface area (Å²) in [7, 11) is 0. The summed E-state index contributed by atoms with van der Waals surface area (Å²) >= 11 is 3.38. The maximum Gasteiger partial charge on any atom is 0.123 e. The Balaban J connectivity index is 3.20. The fourth-order valence-corrected chi connectivity index (χ4v) is 1.85. The lowest BCUT2D eigenvalue weighted by molar-refractivity contribution is 0.456. The molecule has 72 valence electrons. The van der Waals surface area contributed by atoms with E-state index in [1.165, 1.54) is 0 Å². The molecule has 1 rings (SSSR count). The van der Waals surface area contributed by atoms with E-state index >= 15 is 0 Å². The Labute approximate surface area is 86.9 Å². The van der Waals surface area contributed by atoms with Gasteiger partial charge in [-0.05, 0) is 31.0 Å². The number of halogens is 1. The Morgan fingerprint density at radius 2 is 2.15 bits per heavy atom. The minimum atomic E-state index is -0.0869. The highest BCUT2D eigenvalue weighted by Crippen LogP contribution is 2.31. The Hall–Kier alpha value is -0.540. The molecular formula is C10H14BrNO. The van der Waals surface area contributed by atoms with Crippen molar-refractivity contribution in [3.05, 3.63) is 27.7 Å². The molecule has 3 N–H and O–H groups in total. The monoisotopic (exact) mass is 243 g/mol. The summed E-state index contributed by atoms with van der Waals surface area (Å²) in [6, 6.07) is 3.66. The van der Waals surface area contributed by atoms with Crippen LogP contribution in [-0.4, -0.2) is 5.11 Å². The molecule has 0 aromatic heterocycles. The van der Waals surface area contributed by atoms with Crippen LogP contribution in [0.15, 0.2) is 16.6 Å². The van der Waals surface area contributed by atoms with Gasteiger partial charge in [0.25, 0.3) is 0 Å². The number of aryl methyl sites for hydroxylation is 1. The van der Waals surface area contributed by atoms with Gasteiger partial charge in [-0.3, -0.25) is 0 Å². The molecule has 0 aliphatic rings. The zero-order chi connectivity index (χ0) is 10.0. The highest BCUT2D eigenvalue weighted by molar-refractivity contribution is 9.10. The first-order valence-electron chi connectivity index (χ1n) is 4.30. The summed E-state index contributed by atoms with van der Waals surface area (Å²) in [5, 5.41) is 9.72. The Morgan fingerprint density at radius 3 is 2.69 bits per heavy atom. The van der Waals surface area contributed by atoms with Crippen molar-refractivity contribution in [3.8, 4) is 5.75 Å². The van der Waals surface area contributed by atoms with Gasteiger partial charge in [0.2, 0.25) is 0 Å². The molecule has 1 atom stereocenters. The van der Waals surface area contributed by atoms with Gasteiger partial charge in [0.1, 0.15) is 5.75 Å². The number of hydrogen-bond acceptors (Lipinski definition) is 2. The number of nitrogens with two attached hydrogens (primary N) is 1. The molecule has 13 heavy (non-hydrogen) atoms. The minimum absolute atomic E-state index is 0.0869. The predicted molar refractivity (Wildman–Crippen MR) is 57.8 cm³/mol. The van der Waals surface area contributed by atoms with Crippen LogP contribution in [0.4, 0.5) is 0 Å². The van der Waals surface area contributed by atoms with Gasteiger partial charge in [-0.15, -0.1) is 0 Å². The van der Waals surface area contributed by atoms with Crippen LogP contribution < -0.4 is 5.73 Å². The van der Waals surface area contributed by atoms with Crippen molar-refractivity contribution < 1.29 is 5.11 Å². The number of phenols is 1. The molecule has 3 heteroatoms. The maximum absolute atomic E-state index is 9.72. The summed E-state index contributed by atoms with van der Waals surface area (Å²) in [5.41, 5.74) is 7.52. The molecule has 0 aliphatic heterocycles. The van der Waals surface area contributed by atoms with Gasteiger partial charge in [-0.1, -0.05) is 22.9 Å². The molecular weight excluding hydrogens is 230 g/mol. The van der Waals surface area contributed by atoms with E-state index in [-0.39, 0.29) is 6.04 Å². The van der Waals surface area contributed by atoms with Crippen LogP contribution in [0.2, 0.25) is 0 Å². The number of hydrogen-bond donors (Lipinski definition) is 2. The topological polar surface area (TPSA) is 46.2 Å². The molecule has 0 radical (unpaired) electrons. The minimum Gasteiger partial charge on any atom is -0.507 e. The van der Waals surface area contributed by atoms with Crippen molar-refractivity contribution in [2.75, 3.05) is 0 Å². The van der Waals surface area contributed by atoms with Gasteiger partial charge < -0.3 is 10.8 Å². The second-order valence-corrected chi connectivity index (χ2v) is 4.09. The lowest BCUT2D eigenvalue weighted by atomic mass is 10.0. The number of aromatic hydroxyl groups is 1. The molecule has 0 unspecified atom stereocenters. The molecule has 0 fully saturated rings. The van der Waals surface area contributed by atoms with Crippen LogP contribution in [0.25, 0.3) is 0 Å². The van der Waals surface area contributed by atoms with E-state index in [4.69, 9.17) is 5.73 Å². The largest absolute Gasteiger partial charge is 0.507 e. The Bertz CT molecular complexity index is 312. The summed E-state index contributed by atoms with van der Waals surface area (Å²) in [4.78, 5) is 0. The van der Waals surface area contributed by atoms with Crippen molar-refractivity contribution in [1.82, 2.24) is 0 Å². The van der Waals surface area contributed by atoms with Gasteiger partial charge in [0.05, 0.1) is 0 Å². The molecule has 1 aromatic rings. The quantitative estimate of drug-likeness (QED) is 0.840. The van der Waals surface area contributed by atoms with Crippen LogP contribution in [0, 0.1) is 6.92 Å². The number of rotatable bonds is 2. The second kappa shape index (κ2) is 4.11. The Morgan fingerprint density at radius 1 is 1.54 bits per heavy atom. The molecule has 0 saturated heterocycles. The molecule has 0 aliphatic carbocycles. The van der Waals surface area contributed by atoms with E-state index < -0.39 is 0 Å². The van der Waals surface area contributed by atoms with Crippen molar-refractivity contribution in [1.29, 1.82) is 0 Å². The van der Waals surface area contributed by atoms with Crippen LogP contribution in [0.5, 0.6) is 5.75 Å². The summed E-state index contributed by atoms with van der Waals surface area (Å²) in [6.45, 7) is 3.87. The molecule has 0 spiro atoms. The molecule has 0 saturated carbocycles. The van der Waals surface area contributed by atoms with E-state index in [0.717, 1.165) is 22.0 Å². The normalized spacial score (nSPS) is 12.9. The Kier molecular flexibility index (Phi) is 3.33. The molecule has 0 bridgehead atoms. The molecule has 0 amide bonds. The van der Waals surface area contributed by atoms with E-state index in [9.17, 15) is 5.11 Å². The third-order valence-corrected chi connectivity index (χ3v) is 2.59. The number of phenolic OH excluding ortho intramolecular Hbond substituents is 1. The van der Waals surface area contributed by atoms with Gasteiger partial charge in [0.15, 0.2) is 0 Å². The summed E-state index contributed by atoms with van der Waals surface area (Å²) < 4.78 is 0.960. The van der Waals surface area contributed by atoms with Gasteiger partial charge >= 0.3 is 0 Å². The van der Waals surface area contributed by atoms with E-state index in [2.05, 4.69) is 15.9 Å². The third kappa shape index (κ3) is 2.23. The summed E-state index contributed by atoms with van der Waals surface area (Å²) in [5.74, 6) is 0.317. The van der Waals surface area contributed by atoms with Crippen molar-refractivity contribution >= 4 is 15.9 Å². The van der Waals surface area contributed by atoms with Crippen molar-refractivity contribution in [2.45, 2.75) is 26.3 Å². The maximum atomic E-state index is 9.72. The van der Waals surface area contributed by atoms with Crippen LogP contribution in [-0.2, 0) is 0 Å². The number of benzene rings is 1. The summed E-state index contributed by atoms with van der Waals surface area (Å²) in [6.07, 6.45) is 0.823. The van der Waals surface area contributed by atoms with Gasteiger partial charge in [-0.2, -0.15) is 0 Å². The first-order chi connectivity index (χ1) is 6.06. The molecule has 1 aromatic carbocycles. The molecule has 0 heterocycles. The van der Waals surface area contributed by atoms with Crippen molar-refractivity contribution in [2.24, 2.45) is 5.73 Å². The van der Waals surface area contributed by atoms with E-state index in [1.807, 2.05) is 26.0 Å². The SMILES string of the molecule is CC[C@@H](N)c1cc(Br)cc(C)c1O. The highest BCUT2D eigenvalue weighted by Gasteiger charge is 2.11. The average Bonchev–Trinajstić information content (AvgIpc) is 2.10. The highest BCUT2D eigenvalue weighted by atomic mass is 79.9. The van der Waals surface area contributed by atoms with Crippen LogP contribution >= 0.6 is 15.9 Å². The standard InChI is InChI=1S/C10H14BrNO/c1-3-9(12)8-5-7(11)4-6(2)10(8)13/h4-5,9,13H,3,12H2,1-2H3/t9-/m1/s1. The van der Waals surface area contributed by atoms with Gasteiger partial charge in [-0.25, -0.2) is 0 Å². The zero-order valence-electron chi connectivity index (χ0n) is 7.84. The smallest absolute Gasteiger partial charge is 0.123 e. The van der Waals surface area contributed by atoms with Crippen molar-refractivity contribution in [3.63, 3.8) is 0 Å². The van der Waals surface area contributed by atoms with Crippen LogP contribution in [0.3, 0.4) is 0 Å². The lowest BCUT2D eigenvalue weighted by Gasteiger charge is -2.13. The van der Waals surface area contributed by atoms with E-state index in [0.29, 0.717) is 5.75 Å². The fourth-order valence-electron chi connectivity index (χ4n) is 1.26. The third-order valence-electron chi connectivity index (χ3n) is 2.13. The molecule has 2 nitrogen and oxygen atoms in total. The lowest BCUT2D eigenvalue weighted by Crippen LogP contribution is -2.09. The van der Waals surface area contributed by atoms with Crippen LogP contribution in [0.1, 0.15) is 30.5 Å². The van der Waals surface area contributed by atoms with Gasteiger partial charge in [0, 0.05) is 16.1 Å².